The van der Waals surface area contributed by atoms with Crippen molar-refractivity contribution in [2.45, 2.75) is 11.4 Å². The molecule has 3 rings (SSSR count). The minimum absolute atomic E-state index is 0.227. The molecule has 0 unspecified atom stereocenters. The molecule has 1 aromatic heterocycles. The van der Waals surface area contributed by atoms with E-state index in [4.69, 9.17) is 0 Å². The normalized spacial score (nSPS) is 12.0. The fourth-order valence-electron chi connectivity index (χ4n) is 2.61. The lowest BCUT2D eigenvalue weighted by molar-refractivity contribution is 0.387. The highest BCUT2D eigenvalue weighted by Crippen LogP contribution is 2.24. The molecule has 0 saturated heterocycles. The van der Waals surface area contributed by atoms with Crippen molar-refractivity contribution >= 4 is 42.5 Å². The standard InChI is InChI=1S/C18H20BrN3O2S/c1-21(2)10-11-22-9-8-14-12-16(6-7-18(14)22)20-25(23,24)17-5-3-4-15(19)13-17/h3-9,12-13,20H,10-11H2,1-2H3. The van der Waals surface area contributed by atoms with E-state index in [1.165, 1.54) is 0 Å². The fraction of sp³-hybridized carbons (Fsp3) is 0.222. The molecule has 5 nitrogen and oxygen atoms in total. The van der Waals surface area contributed by atoms with Crippen LogP contribution in [0.2, 0.25) is 0 Å². The molecule has 0 radical (unpaired) electrons. The van der Waals surface area contributed by atoms with E-state index in [0.29, 0.717) is 5.69 Å². The van der Waals surface area contributed by atoms with Gasteiger partial charge in [0.2, 0.25) is 0 Å². The molecule has 7 heteroatoms. The Morgan fingerprint density at radius 3 is 2.64 bits per heavy atom. The average Bonchev–Trinajstić information content (AvgIpc) is 2.95. The Balaban J connectivity index is 1.85. The number of aromatic nitrogens is 1. The van der Waals surface area contributed by atoms with Crippen molar-refractivity contribution in [1.82, 2.24) is 9.47 Å². The summed E-state index contributed by atoms with van der Waals surface area (Å²) >= 11 is 3.30. The first-order valence-electron chi connectivity index (χ1n) is 7.87. The second-order valence-corrected chi connectivity index (χ2v) is 8.75. The zero-order valence-electron chi connectivity index (χ0n) is 14.1. The molecule has 0 fully saturated rings. The first-order valence-corrected chi connectivity index (χ1v) is 10.1. The van der Waals surface area contributed by atoms with Gasteiger partial charge in [-0.3, -0.25) is 4.72 Å². The summed E-state index contributed by atoms with van der Waals surface area (Å²) in [7, 11) is 0.472. The molecule has 3 aromatic rings. The maximum Gasteiger partial charge on any atom is 0.261 e. The van der Waals surface area contributed by atoms with E-state index in [1.54, 1.807) is 30.3 Å². The van der Waals surface area contributed by atoms with E-state index >= 15 is 0 Å². The number of benzene rings is 2. The van der Waals surface area contributed by atoms with E-state index in [9.17, 15) is 8.42 Å². The highest BCUT2D eigenvalue weighted by molar-refractivity contribution is 9.10. The predicted molar refractivity (Wildman–Crippen MR) is 105 cm³/mol. The van der Waals surface area contributed by atoms with Crippen molar-refractivity contribution < 1.29 is 8.42 Å². The zero-order chi connectivity index (χ0) is 18.0. The van der Waals surface area contributed by atoms with E-state index in [-0.39, 0.29) is 4.90 Å². The topological polar surface area (TPSA) is 54.3 Å². The Bertz CT molecular complexity index is 996. The SMILES string of the molecule is CN(C)CCn1ccc2cc(NS(=O)(=O)c3cccc(Br)c3)ccc21. The monoisotopic (exact) mass is 421 g/mol. The van der Waals surface area contributed by atoms with Crippen LogP contribution in [0.5, 0.6) is 0 Å². The van der Waals surface area contributed by atoms with Crippen LogP contribution in [0.25, 0.3) is 10.9 Å². The fourth-order valence-corrected chi connectivity index (χ4v) is 4.26. The molecule has 0 aliphatic heterocycles. The van der Waals surface area contributed by atoms with Crippen molar-refractivity contribution in [3.8, 4) is 0 Å². The Morgan fingerprint density at radius 2 is 1.92 bits per heavy atom. The first-order chi connectivity index (χ1) is 11.8. The third-order valence-electron chi connectivity index (χ3n) is 3.92. The highest BCUT2D eigenvalue weighted by atomic mass is 79.9. The first kappa shape index (κ1) is 18.0. The van der Waals surface area contributed by atoms with Crippen LogP contribution in [-0.2, 0) is 16.6 Å². The van der Waals surface area contributed by atoms with Crippen LogP contribution in [0.1, 0.15) is 0 Å². The maximum atomic E-state index is 12.5. The Kier molecular flexibility index (Phi) is 5.17. The van der Waals surface area contributed by atoms with Gasteiger partial charge in [-0.2, -0.15) is 0 Å². The number of halogens is 1. The summed E-state index contributed by atoms with van der Waals surface area (Å²) in [5.74, 6) is 0. The number of sulfonamides is 1. The Morgan fingerprint density at radius 1 is 1.12 bits per heavy atom. The van der Waals surface area contributed by atoms with Crippen molar-refractivity contribution in [3.05, 3.63) is 59.2 Å². The molecule has 1 N–H and O–H groups in total. The van der Waals surface area contributed by atoms with Crippen LogP contribution in [0.4, 0.5) is 5.69 Å². The van der Waals surface area contributed by atoms with E-state index in [2.05, 4.69) is 30.1 Å². The maximum absolute atomic E-state index is 12.5. The molecule has 0 aliphatic rings. The van der Waals surface area contributed by atoms with Crippen LogP contribution in [-0.4, -0.2) is 38.5 Å². The number of anilines is 1. The quantitative estimate of drug-likeness (QED) is 0.658. The predicted octanol–water partition coefficient (Wildman–Crippen LogP) is 3.77. The summed E-state index contributed by atoms with van der Waals surface area (Å²) in [4.78, 5) is 2.36. The number of likely N-dealkylation sites (N-methyl/N-ethyl adjacent to an activating group) is 1. The van der Waals surface area contributed by atoms with Gasteiger partial charge in [-0.15, -0.1) is 0 Å². The second-order valence-electron chi connectivity index (χ2n) is 6.15. The number of nitrogens with one attached hydrogen (secondary N) is 1. The van der Waals surface area contributed by atoms with Gasteiger partial charge in [0, 0.05) is 40.3 Å². The minimum atomic E-state index is -3.61. The van der Waals surface area contributed by atoms with Gasteiger partial charge >= 0.3 is 0 Å². The second kappa shape index (κ2) is 7.19. The lowest BCUT2D eigenvalue weighted by Gasteiger charge is -2.12. The van der Waals surface area contributed by atoms with Crippen LogP contribution in [0.3, 0.4) is 0 Å². The molecule has 132 valence electrons. The van der Waals surface area contributed by atoms with Gasteiger partial charge in [0.1, 0.15) is 0 Å². The van der Waals surface area contributed by atoms with Gasteiger partial charge < -0.3 is 9.47 Å². The molecule has 1 heterocycles. The number of hydrogen-bond acceptors (Lipinski definition) is 3. The summed E-state index contributed by atoms with van der Waals surface area (Å²) < 4.78 is 30.6. The zero-order valence-corrected chi connectivity index (χ0v) is 16.5. The Labute approximate surface area is 156 Å². The molecule has 0 bridgehead atoms. The molecule has 0 saturated carbocycles. The smallest absolute Gasteiger partial charge is 0.261 e. The van der Waals surface area contributed by atoms with Crippen molar-refractivity contribution in [3.63, 3.8) is 0 Å². The Hall–Kier alpha value is -1.83. The highest BCUT2D eigenvalue weighted by Gasteiger charge is 2.15. The molecular weight excluding hydrogens is 402 g/mol. The summed E-state index contributed by atoms with van der Waals surface area (Å²) in [5, 5.41) is 1.01. The summed E-state index contributed by atoms with van der Waals surface area (Å²) in [6.07, 6.45) is 2.03. The summed E-state index contributed by atoms with van der Waals surface area (Å²) in [6.45, 7) is 1.83. The van der Waals surface area contributed by atoms with Crippen molar-refractivity contribution in [1.29, 1.82) is 0 Å². The largest absolute Gasteiger partial charge is 0.346 e. The van der Waals surface area contributed by atoms with Gasteiger partial charge in [-0.25, -0.2) is 8.42 Å². The molecule has 25 heavy (non-hydrogen) atoms. The molecule has 0 aliphatic carbocycles. The summed E-state index contributed by atoms with van der Waals surface area (Å²) in [5.41, 5.74) is 1.64. The molecular formula is C18H20BrN3O2S. The molecule has 0 spiro atoms. The lowest BCUT2D eigenvalue weighted by atomic mass is 10.2. The number of fused-ring (bicyclic) bond motifs is 1. The average molecular weight is 422 g/mol. The molecule has 0 amide bonds. The van der Waals surface area contributed by atoms with Gasteiger partial charge in [0.25, 0.3) is 10.0 Å². The van der Waals surface area contributed by atoms with Crippen molar-refractivity contribution in [2.75, 3.05) is 25.4 Å². The molecule has 2 aromatic carbocycles. The number of hydrogen-bond donors (Lipinski definition) is 1. The third kappa shape index (κ3) is 4.23. The van der Waals surface area contributed by atoms with Crippen LogP contribution in [0, 0.1) is 0 Å². The van der Waals surface area contributed by atoms with Gasteiger partial charge in [-0.05, 0) is 56.6 Å². The lowest BCUT2D eigenvalue weighted by Crippen LogP contribution is -2.17. The van der Waals surface area contributed by atoms with E-state index < -0.39 is 10.0 Å². The van der Waals surface area contributed by atoms with Gasteiger partial charge in [0.15, 0.2) is 0 Å². The van der Waals surface area contributed by atoms with Gasteiger partial charge in [-0.1, -0.05) is 22.0 Å². The van der Waals surface area contributed by atoms with Crippen molar-refractivity contribution in [2.24, 2.45) is 0 Å². The number of rotatable bonds is 6. The minimum Gasteiger partial charge on any atom is -0.346 e. The van der Waals surface area contributed by atoms with E-state index in [0.717, 1.165) is 28.5 Å². The van der Waals surface area contributed by atoms with Gasteiger partial charge in [0.05, 0.1) is 4.90 Å². The van der Waals surface area contributed by atoms with Crippen LogP contribution < -0.4 is 4.72 Å². The summed E-state index contributed by atoms with van der Waals surface area (Å²) in [6, 6.07) is 14.3. The van der Waals surface area contributed by atoms with Crippen LogP contribution in [0.15, 0.2) is 64.1 Å². The third-order valence-corrected chi connectivity index (χ3v) is 5.79. The number of nitrogens with zero attached hydrogens (tertiary/aromatic N) is 2. The molecule has 0 atom stereocenters. The van der Waals surface area contributed by atoms with Crippen LogP contribution >= 0.6 is 15.9 Å². The van der Waals surface area contributed by atoms with E-state index in [1.807, 2.05) is 38.5 Å².